The Morgan fingerprint density at radius 1 is 1.05 bits per heavy atom. The molecule has 112 valence electrons. The number of alkyl halides is 2. The number of ether oxygens (including phenoxy) is 1. The summed E-state index contributed by atoms with van der Waals surface area (Å²) in [6.07, 6.45) is 0. The maximum absolute atomic E-state index is 12.5. The van der Waals surface area contributed by atoms with E-state index in [2.05, 4.69) is 4.74 Å². The molecule has 0 amide bonds. The Morgan fingerprint density at radius 3 is 2.50 bits per heavy atom. The highest BCUT2D eigenvalue weighted by Gasteiger charge is 2.19. The fraction of sp³-hybridized carbons (Fsp3) is 0.0625. The number of para-hydroxylation sites is 2. The van der Waals surface area contributed by atoms with Gasteiger partial charge in [-0.2, -0.15) is 8.78 Å². The average molecular weight is 304 g/mol. The molecule has 1 aromatic heterocycles. The highest BCUT2D eigenvalue weighted by atomic mass is 19.3. The van der Waals surface area contributed by atoms with Crippen molar-refractivity contribution in [2.24, 2.45) is 0 Å². The van der Waals surface area contributed by atoms with Crippen molar-refractivity contribution in [3.8, 4) is 22.8 Å². The normalized spacial score (nSPS) is 11.0. The summed E-state index contributed by atoms with van der Waals surface area (Å²) in [5.41, 5.74) is -0.320. The summed E-state index contributed by atoms with van der Waals surface area (Å²) in [6, 6.07) is 12.1. The number of fused-ring (bicyclic) bond motifs is 1. The molecule has 3 rings (SSSR count). The minimum Gasteiger partial charge on any atom is -0.502 e. The SMILES string of the molecule is O=c1c(O)c(-c2ccccc2OC(F)F)oc2ccccc12. The Balaban J connectivity index is 2.27. The smallest absolute Gasteiger partial charge is 0.387 e. The van der Waals surface area contributed by atoms with Crippen molar-refractivity contribution in [1.29, 1.82) is 0 Å². The van der Waals surface area contributed by atoms with E-state index >= 15 is 0 Å². The van der Waals surface area contributed by atoms with Crippen LogP contribution in [0.1, 0.15) is 0 Å². The van der Waals surface area contributed by atoms with Crippen molar-refractivity contribution < 1.29 is 23.0 Å². The van der Waals surface area contributed by atoms with Crippen LogP contribution in [0.2, 0.25) is 0 Å². The lowest BCUT2D eigenvalue weighted by atomic mass is 10.1. The molecule has 1 N–H and O–H groups in total. The number of hydrogen-bond acceptors (Lipinski definition) is 4. The molecule has 2 aromatic carbocycles. The van der Waals surface area contributed by atoms with Gasteiger partial charge in [0, 0.05) is 0 Å². The second kappa shape index (κ2) is 5.48. The zero-order valence-corrected chi connectivity index (χ0v) is 11.1. The predicted octanol–water partition coefficient (Wildman–Crippen LogP) is 3.77. The van der Waals surface area contributed by atoms with Gasteiger partial charge in [0.15, 0.2) is 5.76 Å². The minimum atomic E-state index is -3.03. The van der Waals surface area contributed by atoms with E-state index in [9.17, 15) is 18.7 Å². The van der Waals surface area contributed by atoms with Gasteiger partial charge in [-0.1, -0.05) is 24.3 Å². The van der Waals surface area contributed by atoms with Gasteiger partial charge in [0.05, 0.1) is 10.9 Å². The van der Waals surface area contributed by atoms with Crippen molar-refractivity contribution in [3.05, 3.63) is 58.8 Å². The summed E-state index contributed by atoms with van der Waals surface area (Å²) in [5.74, 6) is -1.05. The second-order valence-corrected chi connectivity index (χ2v) is 4.48. The molecule has 1 heterocycles. The van der Waals surface area contributed by atoms with E-state index in [0.717, 1.165) is 0 Å². The van der Waals surface area contributed by atoms with E-state index in [0.29, 0.717) is 0 Å². The van der Waals surface area contributed by atoms with Crippen molar-refractivity contribution in [2.45, 2.75) is 6.61 Å². The summed E-state index contributed by atoms with van der Waals surface area (Å²) < 4.78 is 34.9. The van der Waals surface area contributed by atoms with Crippen LogP contribution in [-0.4, -0.2) is 11.7 Å². The molecule has 0 spiro atoms. The summed E-state index contributed by atoms with van der Waals surface area (Å²) in [6.45, 7) is -3.03. The first kappa shape index (κ1) is 14.1. The summed E-state index contributed by atoms with van der Waals surface area (Å²) >= 11 is 0. The monoisotopic (exact) mass is 304 g/mol. The van der Waals surface area contributed by atoms with Crippen LogP contribution in [0, 0.1) is 0 Å². The fourth-order valence-electron chi connectivity index (χ4n) is 2.17. The molecule has 0 aliphatic rings. The second-order valence-electron chi connectivity index (χ2n) is 4.48. The van der Waals surface area contributed by atoms with Crippen LogP contribution in [0.15, 0.2) is 57.7 Å². The molecule has 0 saturated heterocycles. The molecule has 0 bridgehead atoms. The van der Waals surface area contributed by atoms with Crippen molar-refractivity contribution in [2.75, 3.05) is 0 Å². The topological polar surface area (TPSA) is 59.7 Å². The van der Waals surface area contributed by atoms with Crippen LogP contribution in [-0.2, 0) is 0 Å². The Kier molecular flexibility index (Phi) is 3.50. The van der Waals surface area contributed by atoms with Crippen LogP contribution >= 0.6 is 0 Å². The van der Waals surface area contributed by atoms with Crippen LogP contribution in [0.25, 0.3) is 22.3 Å². The first-order chi connectivity index (χ1) is 10.6. The van der Waals surface area contributed by atoms with Crippen molar-refractivity contribution in [3.63, 3.8) is 0 Å². The molecular formula is C16H10F2O4. The van der Waals surface area contributed by atoms with Crippen molar-refractivity contribution in [1.82, 2.24) is 0 Å². The maximum atomic E-state index is 12.5. The first-order valence-corrected chi connectivity index (χ1v) is 6.37. The van der Waals surface area contributed by atoms with E-state index in [4.69, 9.17) is 4.42 Å². The lowest BCUT2D eigenvalue weighted by Crippen LogP contribution is -2.05. The average Bonchev–Trinajstić information content (AvgIpc) is 2.51. The van der Waals surface area contributed by atoms with Gasteiger partial charge in [-0.3, -0.25) is 4.79 Å². The van der Waals surface area contributed by atoms with Crippen LogP contribution < -0.4 is 10.2 Å². The molecule has 0 aliphatic carbocycles. The van der Waals surface area contributed by atoms with Crippen LogP contribution in [0.4, 0.5) is 8.78 Å². The number of benzene rings is 2. The molecule has 0 atom stereocenters. The Labute approximate surface area is 123 Å². The highest BCUT2D eigenvalue weighted by Crippen LogP contribution is 2.36. The Hall–Kier alpha value is -2.89. The molecule has 0 aliphatic heterocycles. The Bertz CT molecular complexity index is 887. The quantitative estimate of drug-likeness (QED) is 0.800. The minimum absolute atomic E-state index is 0.0724. The van der Waals surface area contributed by atoms with E-state index < -0.39 is 17.8 Å². The largest absolute Gasteiger partial charge is 0.502 e. The molecule has 6 heteroatoms. The molecule has 0 unspecified atom stereocenters. The van der Waals surface area contributed by atoms with Gasteiger partial charge >= 0.3 is 6.61 Å². The molecule has 0 fully saturated rings. The molecule has 0 saturated carbocycles. The number of aromatic hydroxyl groups is 1. The van der Waals surface area contributed by atoms with Gasteiger partial charge in [-0.05, 0) is 24.3 Å². The summed E-state index contributed by atoms with van der Waals surface area (Å²) in [4.78, 5) is 12.2. The van der Waals surface area contributed by atoms with E-state index in [1.54, 1.807) is 24.3 Å². The third kappa shape index (κ3) is 2.39. The van der Waals surface area contributed by atoms with Gasteiger partial charge in [-0.15, -0.1) is 0 Å². The fourth-order valence-corrected chi connectivity index (χ4v) is 2.17. The van der Waals surface area contributed by atoms with Gasteiger partial charge in [0.25, 0.3) is 0 Å². The van der Waals surface area contributed by atoms with Crippen LogP contribution in [0.5, 0.6) is 11.5 Å². The lowest BCUT2D eigenvalue weighted by molar-refractivity contribution is -0.0495. The highest BCUT2D eigenvalue weighted by molar-refractivity contribution is 5.82. The lowest BCUT2D eigenvalue weighted by Gasteiger charge is -2.11. The van der Waals surface area contributed by atoms with Gasteiger partial charge in [-0.25, -0.2) is 0 Å². The molecular weight excluding hydrogens is 294 g/mol. The molecule has 4 nitrogen and oxygen atoms in total. The van der Waals surface area contributed by atoms with E-state index in [1.165, 1.54) is 24.3 Å². The maximum Gasteiger partial charge on any atom is 0.387 e. The van der Waals surface area contributed by atoms with E-state index in [-0.39, 0.29) is 28.0 Å². The van der Waals surface area contributed by atoms with Gasteiger partial charge in [0.2, 0.25) is 11.2 Å². The molecule has 0 radical (unpaired) electrons. The van der Waals surface area contributed by atoms with Gasteiger partial charge in [0.1, 0.15) is 11.3 Å². The predicted molar refractivity (Wildman–Crippen MR) is 76.2 cm³/mol. The zero-order valence-electron chi connectivity index (χ0n) is 11.1. The third-order valence-corrected chi connectivity index (χ3v) is 3.12. The van der Waals surface area contributed by atoms with Gasteiger partial charge < -0.3 is 14.3 Å². The standard InChI is InChI=1S/C16H10F2O4/c17-16(18)22-12-8-4-2-6-10(12)15-14(20)13(19)9-5-1-3-7-11(9)21-15/h1-8,16,20H. The number of hydrogen-bond donors (Lipinski definition) is 1. The summed E-state index contributed by atoms with van der Waals surface area (Å²) in [5, 5.41) is 10.3. The first-order valence-electron chi connectivity index (χ1n) is 6.37. The molecule has 22 heavy (non-hydrogen) atoms. The van der Waals surface area contributed by atoms with Crippen molar-refractivity contribution >= 4 is 11.0 Å². The third-order valence-electron chi connectivity index (χ3n) is 3.12. The zero-order chi connectivity index (χ0) is 15.7. The number of halogens is 2. The van der Waals surface area contributed by atoms with E-state index in [1.807, 2.05) is 0 Å². The van der Waals surface area contributed by atoms with Crippen LogP contribution in [0.3, 0.4) is 0 Å². The number of rotatable bonds is 3. The summed E-state index contributed by atoms with van der Waals surface area (Å²) in [7, 11) is 0. The molecule has 3 aromatic rings. The Morgan fingerprint density at radius 2 is 1.73 bits per heavy atom.